The first-order valence-electron chi connectivity index (χ1n) is 8.53. The number of hydrogen-bond acceptors (Lipinski definition) is 6. The zero-order chi connectivity index (χ0) is 18.2. The number of nitrogens with one attached hydrogen (secondary N) is 2. The van der Waals surface area contributed by atoms with Crippen molar-refractivity contribution in [2.45, 2.75) is 45.1 Å². The summed E-state index contributed by atoms with van der Waals surface area (Å²) >= 11 is 0. The largest absolute Gasteiger partial charge is 0.491 e. The van der Waals surface area contributed by atoms with Crippen LogP contribution in [0.2, 0.25) is 0 Å². The minimum Gasteiger partial charge on any atom is -0.491 e. The molecule has 0 atom stereocenters. The third kappa shape index (κ3) is 5.25. The van der Waals surface area contributed by atoms with E-state index in [9.17, 15) is 14.4 Å². The molecule has 1 aliphatic carbocycles. The van der Waals surface area contributed by atoms with Crippen LogP contribution in [0, 0.1) is 0 Å². The van der Waals surface area contributed by atoms with E-state index in [4.69, 9.17) is 10.5 Å². The van der Waals surface area contributed by atoms with Gasteiger partial charge in [0, 0.05) is 12.2 Å². The fourth-order valence-corrected chi connectivity index (χ4v) is 2.76. The molecular formula is C17H24N4O4. The van der Waals surface area contributed by atoms with E-state index in [-0.39, 0.29) is 29.9 Å². The first kappa shape index (κ1) is 18.9. The van der Waals surface area contributed by atoms with Crippen LogP contribution < -0.4 is 21.1 Å². The number of ether oxygens (including phenoxy) is 1. The van der Waals surface area contributed by atoms with Gasteiger partial charge in [0.1, 0.15) is 0 Å². The molecule has 4 N–H and O–H groups in total. The van der Waals surface area contributed by atoms with E-state index >= 15 is 0 Å². The van der Waals surface area contributed by atoms with Gasteiger partial charge in [-0.3, -0.25) is 19.7 Å². The van der Waals surface area contributed by atoms with E-state index in [2.05, 4.69) is 15.6 Å². The Balaban J connectivity index is 2.14. The van der Waals surface area contributed by atoms with Gasteiger partial charge in [0.25, 0.3) is 11.8 Å². The molecule has 1 aromatic rings. The van der Waals surface area contributed by atoms with Crippen LogP contribution in [0.25, 0.3) is 0 Å². The Morgan fingerprint density at radius 3 is 2.60 bits per heavy atom. The molecule has 0 unspecified atom stereocenters. The quantitative estimate of drug-likeness (QED) is 0.697. The van der Waals surface area contributed by atoms with Crippen LogP contribution in [0.5, 0.6) is 5.75 Å². The van der Waals surface area contributed by atoms with Crippen molar-refractivity contribution < 1.29 is 19.1 Å². The van der Waals surface area contributed by atoms with E-state index in [1.165, 1.54) is 18.7 Å². The van der Waals surface area contributed by atoms with Gasteiger partial charge in [0.05, 0.1) is 18.7 Å². The lowest BCUT2D eigenvalue weighted by molar-refractivity contribution is -0.118. The van der Waals surface area contributed by atoms with Crippen LogP contribution in [0.1, 0.15) is 59.9 Å². The SMILES string of the molecule is CCOc1cc(C(=O)NC2CCCCC2)cnc1C(=O)NC(=O)CN. The van der Waals surface area contributed by atoms with Gasteiger partial charge in [-0.25, -0.2) is 4.98 Å². The van der Waals surface area contributed by atoms with E-state index in [0.29, 0.717) is 12.2 Å². The minimum absolute atomic E-state index is 0.0575. The summed E-state index contributed by atoms with van der Waals surface area (Å²) in [6.07, 6.45) is 6.68. The standard InChI is InChI=1S/C17H24N4O4/c1-2-25-13-8-11(16(23)20-12-6-4-3-5-7-12)10-19-15(13)17(24)21-14(22)9-18/h8,10,12H,2-7,9,18H2,1H3,(H,20,23)(H,21,22,24). The predicted octanol–water partition coefficient (Wildman–Crippen LogP) is 0.758. The molecule has 1 aliphatic rings. The second-order valence-electron chi connectivity index (χ2n) is 5.89. The number of carbonyl (C=O) groups is 3. The molecule has 2 rings (SSSR count). The first-order chi connectivity index (χ1) is 12.0. The highest BCUT2D eigenvalue weighted by Gasteiger charge is 2.21. The van der Waals surface area contributed by atoms with Crippen molar-refractivity contribution in [2.24, 2.45) is 5.73 Å². The summed E-state index contributed by atoms with van der Waals surface area (Å²) in [5, 5.41) is 5.10. The molecule has 8 nitrogen and oxygen atoms in total. The summed E-state index contributed by atoms with van der Waals surface area (Å²) < 4.78 is 5.41. The van der Waals surface area contributed by atoms with Crippen molar-refractivity contribution >= 4 is 17.7 Å². The molecule has 1 heterocycles. The number of aromatic nitrogens is 1. The summed E-state index contributed by atoms with van der Waals surface area (Å²) in [7, 11) is 0. The normalized spacial score (nSPS) is 14.6. The monoisotopic (exact) mass is 348 g/mol. The molecule has 3 amide bonds. The van der Waals surface area contributed by atoms with Gasteiger partial charge in [-0.15, -0.1) is 0 Å². The Labute approximate surface area is 146 Å². The average Bonchev–Trinajstić information content (AvgIpc) is 2.62. The minimum atomic E-state index is -0.710. The Morgan fingerprint density at radius 1 is 1.24 bits per heavy atom. The van der Waals surface area contributed by atoms with Crippen molar-refractivity contribution in [3.8, 4) is 5.75 Å². The molecule has 0 spiro atoms. The van der Waals surface area contributed by atoms with Crippen LogP contribution in [0.3, 0.4) is 0 Å². The molecule has 0 bridgehead atoms. The van der Waals surface area contributed by atoms with Crippen LogP contribution in [0.15, 0.2) is 12.3 Å². The summed E-state index contributed by atoms with van der Waals surface area (Å²) in [5.74, 6) is -1.42. The molecule has 1 fully saturated rings. The van der Waals surface area contributed by atoms with Crippen LogP contribution in [-0.2, 0) is 4.79 Å². The maximum absolute atomic E-state index is 12.4. The number of rotatable bonds is 6. The van der Waals surface area contributed by atoms with Crippen LogP contribution >= 0.6 is 0 Å². The Bertz CT molecular complexity index is 642. The molecule has 136 valence electrons. The van der Waals surface area contributed by atoms with Gasteiger partial charge in [-0.2, -0.15) is 0 Å². The second kappa shape index (κ2) is 9.12. The van der Waals surface area contributed by atoms with Gasteiger partial charge in [0.2, 0.25) is 5.91 Å². The summed E-state index contributed by atoms with van der Waals surface area (Å²) in [4.78, 5) is 39.8. The molecule has 8 heteroatoms. The fraction of sp³-hybridized carbons (Fsp3) is 0.529. The van der Waals surface area contributed by atoms with Crippen LogP contribution in [0.4, 0.5) is 0 Å². The molecule has 0 saturated heterocycles. The maximum atomic E-state index is 12.4. The van der Waals surface area contributed by atoms with E-state index in [1.807, 2.05) is 0 Å². The summed E-state index contributed by atoms with van der Waals surface area (Å²) in [6.45, 7) is 1.74. The summed E-state index contributed by atoms with van der Waals surface area (Å²) in [6, 6.07) is 1.64. The molecule has 1 aromatic heterocycles. The summed E-state index contributed by atoms with van der Waals surface area (Å²) in [5.41, 5.74) is 5.44. The highest BCUT2D eigenvalue weighted by Crippen LogP contribution is 2.20. The Kier molecular flexibility index (Phi) is 6.88. The Hall–Kier alpha value is -2.48. The molecule has 25 heavy (non-hydrogen) atoms. The second-order valence-corrected chi connectivity index (χ2v) is 5.89. The van der Waals surface area contributed by atoms with E-state index in [1.54, 1.807) is 6.92 Å². The van der Waals surface area contributed by atoms with Gasteiger partial charge >= 0.3 is 0 Å². The van der Waals surface area contributed by atoms with Gasteiger partial charge in [-0.05, 0) is 25.8 Å². The van der Waals surface area contributed by atoms with Crippen molar-refractivity contribution in [3.05, 3.63) is 23.5 Å². The van der Waals surface area contributed by atoms with E-state index in [0.717, 1.165) is 25.7 Å². The third-order valence-corrected chi connectivity index (χ3v) is 4.01. The van der Waals surface area contributed by atoms with E-state index < -0.39 is 11.8 Å². The third-order valence-electron chi connectivity index (χ3n) is 4.01. The van der Waals surface area contributed by atoms with Crippen LogP contribution in [-0.4, -0.2) is 41.9 Å². The average molecular weight is 348 g/mol. The highest BCUT2D eigenvalue weighted by atomic mass is 16.5. The van der Waals surface area contributed by atoms with Gasteiger partial charge in [-0.1, -0.05) is 19.3 Å². The number of nitrogens with zero attached hydrogens (tertiary/aromatic N) is 1. The number of pyridine rings is 1. The lowest BCUT2D eigenvalue weighted by Crippen LogP contribution is -2.37. The zero-order valence-electron chi connectivity index (χ0n) is 14.3. The molecular weight excluding hydrogens is 324 g/mol. The number of hydrogen-bond donors (Lipinski definition) is 3. The first-order valence-corrected chi connectivity index (χ1v) is 8.53. The highest BCUT2D eigenvalue weighted by molar-refractivity contribution is 6.06. The van der Waals surface area contributed by atoms with Crippen molar-refractivity contribution in [3.63, 3.8) is 0 Å². The zero-order valence-corrected chi connectivity index (χ0v) is 14.3. The molecule has 0 aliphatic heterocycles. The topological polar surface area (TPSA) is 123 Å². The molecule has 1 saturated carbocycles. The Morgan fingerprint density at radius 2 is 1.96 bits per heavy atom. The van der Waals surface area contributed by atoms with Gasteiger partial charge in [0.15, 0.2) is 11.4 Å². The maximum Gasteiger partial charge on any atom is 0.280 e. The smallest absolute Gasteiger partial charge is 0.280 e. The van der Waals surface area contributed by atoms with Gasteiger partial charge < -0.3 is 15.8 Å². The number of carbonyl (C=O) groups excluding carboxylic acids is 3. The lowest BCUT2D eigenvalue weighted by atomic mass is 9.95. The number of amides is 3. The fourth-order valence-electron chi connectivity index (χ4n) is 2.76. The van der Waals surface area contributed by atoms with Crippen molar-refractivity contribution in [1.82, 2.24) is 15.6 Å². The number of nitrogens with two attached hydrogens (primary N) is 1. The van der Waals surface area contributed by atoms with Crippen molar-refractivity contribution in [2.75, 3.05) is 13.2 Å². The number of imide groups is 1. The molecule has 0 aromatic carbocycles. The molecule has 0 radical (unpaired) electrons. The predicted molar refractivity (Wildman–Crippen MR) is 91.3 cm³/mol. The van der Waals surface area contributed by atoms with Crippen molar-refractivity contribution in [1.29, 1.82) is 0 Å². The lowest BCUT2D eigenvalue weighted by Gasteiger charge is -2.22.